The lowest BCUT2D eigenvalue weighted by molar-refractivity contribution is -0.385. The van der Waals surface area contributed by atoms with Crippen LogP contribution in [0.15, 0.2) is 36.4 Å². The van der Waals surface area contributed by atoms with Gasteiger partial charge in [-0.25, -0.2) is 0 Å². The number of nitro groups is 1. The second-order valence-corrected chi connectivity index (χ2v) is 6.03. The van der Waals surface area contributed by atoms with Gasteiger partial charge in [0.2, 0.25) is 0 Å². The molecule has 2 aromatic carbocycles. The molecule has 128 valence electrons. The van der Waals surface area contributed by atoms with Gasteiger partial charge in [0.15, 0.2) is 11.5 Å². The average Bonchev–Trinajstić information content (AvgIpc) is 3.03. The predicted octanol–water partition coefficient (Wildman–Crippen LogP) is 2.78. The zero-order valence-electron chi connectivity index (χ0n) is 13.4. The van der Waals surface area contributed by atoms with Gasteiger partial charge in [-0.2, -0.15) is 0 Å². The second-order valence-electron chi connectivity index (χ2n) is 6.03. The minimum absolute atomic E-state index is 0.0152. The van der Waals surface area contributed by atoms with Gasteiger partial charge in [-0.05, 0) is 24.0 Å². The first-order chi connectivity index (χ1) is 12.1. The molecule has 0 aromatic heterocycles. The monoisotopic (exact) mass is 340 g/mol. The van der Waals surface area contributed by atoms with Crippen molar-refractivity contribution in [2.75, 3.05) is 13.2 Å². The van der Waals surface area contributed by atoms with E-state index in [9.17, 15) is 14.9 Å². The van der Waals surface area contributed by atoms with Crippen molar-refractivity contribution in [3.8, 4) is 11.5 Å². The van der Waals surface area contributed by atoms with Crippen molar-refractivity contribution in [1.29, 1.82) is 0 Å². The smallest absolute Gasteiger partial charge is 0.286 e. The lowest BCUT2D eigenvalue weighted by Gasteiger charge is -2.19. The zero-order chi connectivity index (χ0) is 17.4. The number of hydrogen-bond donors (Lipinski definition) is 1. The van der Waals surface area contributed by atoms with Crippen molar-refractivity contribution in [1.82, 2.24) is 5.32 Å². The third-order valence-corrected chi connectivity index (χ3v) is 4.54. The Hall–Kier alpha value is -3.09. The van der Waals surface area contributed by atoms with Crippen molar-refractivity contribution >= 4 is 11.6 Å². The number of nitrogens with zero attached hydrogens (tertiary/aromatic N) is 1. The molecule has 2 aromatic rings. The Morgan fingerprint density at radius 2 is 1.88 bits per heavy atom. The van der Waals surface area contributed by atoms with Gasteiger partial charge in [0.25, 0.3) is 11.6 Å². The standard InChI is InChI=1S/C18H16N2O5/c21-18(19-14-6-5-11-3-1-2-4-12(11)14)13-9-16-17(25-8-7-24-16)10-15(13)20(22)23/h1-4,9-10,14H,5-8H2,(H,19,21)/t14-/m1/s1. The number of ether oxygens (including phenoxy) is 2. The molecule has 1 N–H and O–H groups in total. The number of nitrogens with one attached hydrogen (secondary N) is 1. The molecular formula is C18H16N2O5. The van der Waals surface area contributed by atoms with Crippen LogP contribution in [0.1, 0.15) is 33.9 Å². The quantitative estimate of drug-likeness (QED) is 0.685. The number of amides is 1. The SMILES string of the molecule is O=C(N[C@@H]1CCc2ccccc21)c1cc2c(cc1[N+](=O)[O-])OCCO2. The summed E-state index contributed by atoms with van der Waals surface area (Å²) >= 11 is 0. The molecule has 7 heteroatoms. The van der Waals surface area contributed by atoms with Crippen LogP contribution in [0.2, 0.25) is 0 Å². The van der Waals surface area contributed by atoms with Crippen molar-refractivity contribution < 1.29 is 19.2 Å². The van der Waals surface area contributed by atoms with E-state index < -0.39 is 10.8 Å². The second kappa shape index (κ2) is 6.08. The number of carbonyl (C=O) groups excluding carboxylic acids is 1. The van der Waals surface area contributed by atoms with E-state index in [4.69, 9.17) is 9.47 Å². The van der Waals surface area contributed by atoms with E-state index in [2.05, 4.69) is 5.32 Å². The van der Waals surface area contributed by atoms with Crippen LogP contribution in [-0.2, 0) is 6.42 Å². The van der Waals surface area contributed by atoms with Crippen LogP contribution in [0.5, 0.6) is 11.5 Å². The number of carbonyl (C=O) groups is 1. The Morgan fingerprint density at radius 1 is 1.16 bits per heavy atom. The van der Waals surface area contributed by atoms with Crippen molar-refractivity contribution in [2.24, 2.45) is 0 Å². The van der Waals surface area contributed by atoms with Crippen LogP contribution in [-0.4, -0.2) is 24.0 Å². The molecule has 0 fully saturated rings. The van der Waals surface area contributed by atoms with Gasteiger partial charge < -0.3 is 14.8 Å². The highest BCUT2D eigenvalue weighted by Crippen LogP contribution is 2.37. The molecule has 1 heterocycles. The van der Waals surface area contributed by atoms with Gasteiger partial charge in [-0.1, -0.05) is 24.3 Å². The van der Waals surface area contributed by atoms with E-state index in [-0.39, 0.29) is 17.3 Å². The summed E-state index contributed by atoms with van der Waals surface area (Å²) in [6, 6.07) is 10.4. The molecule has 0 spiro atoms. The third kappa shape index (κ3) is 2.77. The molecule has 7 nitrogen and oxygen atoms in total. The average molecular weight is 340 g/mol. The number of nitro benzene ring substituents is 1. The summed E-state index contributed by atoms with van der Waals surface area (Å²) in [5.74, 6) is 0.167. The van der Waals surface area contributed by atoms with Crippen LogP contribution in [0, 0.1) is 10.1 Å². The molecule has 0 radical (unpaired) electrons. The normalized spacial score (nSPS) is 17.7. The summed E-state index contributed by atoms with van der Waals surface area (Å²) in [5.41, 5.74) is 1.96. The van der Waals surface area contributed by atoms with Crippen LogP contribution in [0.3, 0.4) is 0 Å². The number of rotatable bonds is 3. The number of fused-ring (bicyclic) bond motifs is 2. The molecule has 2 aliphatic rings. The molecule has 1 aliphatic carbocycles. The van der Waals surface area contributed by atoms with E-state index >= 15 is 0 Å². The lowest BCUT2D eigenvalue weighted by Crippen LogP contribution is -2.28. The maximum absolute atomic E-state index is 12.7. The Labute approximate surface area is 143 Å². The van der Waals surface area contributed by atoms with Gasteiger partial charge in [-0.15, -0.1) is 0 Å². The third-order valence-electron chi connectivity index (χ3n) is 4.54. The Bertz CT molecular complexity index is 865. The molecule has 1 amide bonds. The Morgan fingerprint density at radius 3 is 2.64 bits per heavy atom. The van der Waals surface area contributed by atoms with Crippen molar-refractivity contribution in [2.45, 2.75) is 18.9 Å². The summed E-state index contributed by atoms with van der Waals surface area (Å²) in [4.78, 5) is 23.5. The summed E-state index contributed by atoms with van der Waals surface area (Å²) in [7, 11) is 0. The highest BCUT2D eigenvalue weighted by atomic mass is 16.6. The zero-order valence-corrected chi connectivity index (χ0v) is 13.4. The van der Waals surface area contributed by atoms with Crippen LogP contribution < -0.4 is 14.8 Å². The van der Waals surface area contributed by atoms with Crippen molar-refractivity contribution in [3.63, 3.8) is 0 Å². The van der Waals surface area contributed by atoms with E-state index in [1.165, 1.54) is 17.7 Å². The summed E-state index contributed by atoms with van der Waals surface area (Å²) in [5, 5.41) is 14.3. The molecule has 1 atom stereocenters. The van der Waals surface area contributed by atoms with Crippen LogP contribution in [0.25, 0.3) is 0 Å². The van der Waals surface area contributed by atoms with Crippen LogP contribution >= 0.6 is 0 Å². The highest BCUT2D eigenvalue weighted by molar-refractivity contribution is 5.99. The summed E-state index contributed by atoms with van der Waals surface area (Å²) in [6.07, 6.45) is 1.66. The fourth-order valence-electron chi connectivity index (χ4n) is 3.35. The summed E-state index contributed by atoms with van der Waals surface area (Å²) in [6.45, 7) is 0.677. The molecular weight excluding hydrogens is 324 g/mol. The molecule has 25 heavy (non-hydrogen) atoms. The van der Waals surface area contributed by atoms with Gasteiger partial charge in [0, 0.05) is 6.07 Å². The van der Waals surface area contributed by atoms with Crippen LogP contribution in [0.4, 0.5) is 5.69 Å². The van der Waals surface area contributed by atoms with Crippen molar-refractivity contribution in [3.05, 3.63) is 63.2 Å². The van der Waals surface area contributed by atoms with Gasteiger partial charge in [0.1, 0.15) is 18.8 Å². The lowest BCUT2D eigenvalue weighted by atomic mass is 10.1. The van der Waals surface area contributed by atoms with Gasteiger partial charge in [-0.3, -0.25) is 14.9 Å². The first-order valence-corrected chi connectivity index (χ1v) is 8.10. The molecule has 0 bridgehead atoms. The first kappa shape index (κ1) is 15.4. The molecule has 4 rings (SSSR count). The fraction of sp³-hybridized carbons (Fsp3) is 0.278. The molecule has 0 saturated carbocycles. The molecule has 0 unspecified atom stereocenters. The van der Waals surface area contributed by atoms with E-state index in [0.29, 0.717) is 24.7 Å². The molecule has 0 saturated heterocycles. The van der Waals surface area contributed by atoms with Gasteiger partial charge in [0.05, 0.1) is 17.0 Å². The number of aryl methyl sites for hydroxylation is 1. The molecule has 1 aliphatic heterocycles. The fourth-order valence-corrected chi connectivity index (χ4v) is 3.35. The topological polar surface area (TPSA) is 90.7 Å². The van der Waals surface area contributed by atoms with E-state index in [1.54, 1.807) is 0 Å². The first-order valence-electron chi connectivity index (χ1n) is 8.10. The number of hydrogen-bond acceptors (Lipinski definition) is 5. The Balaban J connectivity index is 1.65. The van der Waals surface area contributed by atoms with E-state index in [1.807, 2.05) is 24.3 Å². The summed E-state index contributed by atoms with van der Waals surface area (Å²) < 4.78 is 10.8. The maximum Gasteiger partial charge on any atom is 0.286 e. The van der Waals surface area contributed by atoms with Gasteiger partial charge >= 0.3 is 0 Å². The van der Waals surface area contributed by atoms with E-state index in [0.717, 1.165) is 18.4 Å². The Kier molecular flexibility index (Phi) is 3.76. The minimum atomic E-state index is -0.574. The maximum atomic E-state index is 12.7. The predicted molar refractivity (Wildman–Crippen MR) is 89.1 cm³/mol. The largest absolute Gasteiger partial charge is 0.486 e. The number of benzene rings is 2. The highest BCUT2D eigenvalue weighted by Gasteiger charge is 2.29. The minimum Gasteiger partial charge on any atom is -0.486 e.